The van der Waals surface area contributed by atoms with E-state index < -0.39 is 11.7 Å². The normalized spacial score (nSPS) is 22.3. The average Bonchev–Trinajstić information content (AvgIpc) is 2.85. The molecule has 1 aliphatic carbocycles. The minimum atomic E-state index is -4.39. The van der Waals surface area contributed by atoms with E-state index in [0.717, 1.165) is 31.4 Å². The lowest BCUT2D eigenvalue weighted by atomic mass is 10.1. The number of hydrogen-bond donors (Lipinski definition) is 1. The highest BCUT2D eigenvalue weighted by atomic mass is 19.4. The molecule has 3 nitrogen and oxygen atoms in total. The molecule has 0 saturated heterocycles. The Hall–Kier alpha value is -1.56. The van der Waals surface area contributed by atoms with Crippen LogP contribution in [-0.2, 0) is 22.1 Å². The number of alkyl halides is 3. The van der Waals surface area contributed by atoms with Gasteiger partial charge in [-0.3, -0.25) is 4.79 Å². The minimum Gasteiger partial charge on any atom is -0.379 e. The van der Waals surface area contributed by atoms with E-state index in [4.69, 9.17) is 4.74 Å². The van der Waals surface area contributed by atoms with Gasteiger partial charge in [0.15, 0.2) is 0 Å². The summed E-state index contributed by atoms with van der Waals surface area (Å²) >= 11 is 0. The Balaban J connectivity index is 1.97. The molecule has 116 valence electrons. The molecule has 0 heterocycles. The van der Waals surface area contributed by atoms with Crippen molar-refractivity contribution in [1.82, 2.24) is 5.32 Å². The number of hydrogen-bond acceptors (Lipinski definition) is 2. The van der Waals surface area contributed by atoms with E-state index in [0.29, 0.717) is 5.56 Å². The van der Waals surface area contributed by atoms with E-state index in [1.807, 2.05) is 0 Å². The fraction of sp³-hybridized carbons (Fsp3) is 0.533. The molecule has 1 aliphatic rings. The van der Waals surface area contributed by atoms with Crippen molar-refractivity contribution in [2.45, 2.75) is 44.0 Å². The Labute approximate surface area is 121 Å². The molecule has 1 N–H and O–H groups in total. The Morgan fingerprint density at radius 2 is 2.14 bits per heavy atom. The summed E-state index contributed by atoms with van der Waals surface area (Å²) < 4.78 is 43.1. The van der Waals surface area contributed by atoms with Crippen LogP contribution in [0.2, 0.25) is 0 Å². The molecule has 6 heteroatoms. The Kier molecular flexibility index (Phi) is 4.88. The van der Waals surface area contributed by atoms with Crippen LogP contribution in [0.1, 0.15) is 30.4 Å². The first-order chi connectivity index (χ1) is 9.90. The SMILES string of the molecule is COC1CCCC1NC(=O)Cc1cccc(C(F)(F)F)c1. The zero-order valence-corrected chi connectivity index (χ0v) is 11.7. The van der Waals surface area contributed by atoms with Crippen LogP contribution < -0.4 is 5.32 Å². The first-order valence-electron chi connectivity index (χ1n) is 6.88. The molecule has 1 aromatic rings. The van der Waals surface area contributed by atoms with Crippen molar-refractivity contribution in [3.8, 4) is 0 Å². The molecular formula is C15H18F3NO2. The highest BCUT2D eigenvalue weighted by Crippen LogP contribution is 2.29. The molecule has 21 heavy (non-hydrogen) atoms. The van der Waals surface area contributed by atoms with E-state index in [1.165, 1.54) is 12.1 Å². The number of amides is 1. The lowest BCUT2D eigenvalue weighted by molar-refractivity contribution is -0.137. The summed E-state index contributed by atoms with van der Waals surface area (Å²) in [5, 5.41) is 2.84. The van der Waals surface area contributed by atoms with Crippen LogP contribution in [0.15, 0.2) is 24.3 Å². The third-order valence-corrected chi connectivity index (χ3v) is 3.72. The first-order valence-corrected chi connectivity index (χ1v) is 6.88. The van der Waals surface area contributed by atoms with Gasteiger partial charge in [-0.15, -0.1) is 0 Å². The summed E-state index contributed by atoms with van der Waals surface area (Å²) in [7, 11) is 1.60. The van der Waals surface area contributed by atoms with Crippen LogP contribution in [0, 0.1) is 0 Å². The van der Waals surface area contributed by atoms with Crippen molar-refractivity contribution in [1.29, 1.82) is 0 Å². The fourth-order valence-corrected chi connectivity index (χ4v) is 2.67. The lowest BCUT2D eigenvalue weighted by Crippen LogP contribution is -2.41. The summed E-state index contributed by atoms with van der Waals surface area (Å²) in [6.45, 7) is 0. The molecule has 2 unspecified atom stereocenters. The zero-order valence-electron chi connectivity index (χ0n) is 11.7. The second-order valence-corrected chi connectivity index (χ2v) is 5.25. The van der Waals surface area contributed by atoms with Crippen LogP contribution in [0.25, 0.3) is 0 Å². The van der Waals surface area contributed by atoms with Crippen LogP contribution in [0.4, 0.5) is 13.2 Å². The van der Waals surface area contributed by atoms with Crippen LogP contribution in [0.3, 0.4) is 0 Å². The number of rotatable bonds is 4. The van der Waals surface area contributed by atoms with Gasteiger partial charge < -0.3 is 10.1 Å². The van der Waals surface area contributed by atoms with Crippen molar-refractivity contribution in [3.63, 3.8) is 0 Å². The molecule has 0 bridgehead atoms. The molecule has 0 aromatic heterocycles. The quantitative estimate of drug-likeness (QED) is 0.928. The van der Waals surface area contributed by atoms with Gasteiger partial charge in [-0.25, -0.2) is 0 Å². The van der Waals surface area contributed by atoms with E-state index in [2.05, 4.69) is 5.32 Å². The first kappa shape index (κ1) is 15.8. The zero-order chi connectivity index (χ0) is 15.5. The van der Waals surface area contributed by atoms with Gasteiger partial charge in [-0.1, -0.05) is 18.2 Å². The summed E-state index contributed by atoms with van der Waals surface area (Å²) in [5.74, 6) is -0.275. The highest BCUT2D eigenvalue weighted by molar-refractivity contribution is 5.79. The number of nitrogens with one attached hydrogen (secondary N) is 1. The average molecular weight is 301 g/mol. The minimum absolute atomic E-state index is 0.00420. The molecule has 1 amide bonds. The maximum Gasteiger partial charge on any atom is 0.416 e. The van der Waals surface area contributed by atoms with Gasteiger partial charge in [0, 0.05) is 7.11 Å². The smallest absolute Gasteiger partial charge is 0.379 e. The van der Waals surface area contributed by atoms with Crippen molar-refractivity contribution < 1.29 is 22.7 Å². The van der Waals surface area contributed by atoms with Crippen molar-refractivity contribution in [2.75, 3.05) is 7.11 Å². The van der Waals surface area contributed by atoms with Gasteiger partial charge in [0.1, 0.15) is 0 Å². The fourth-order valence-electron chi connectivity index (χ4n) is 2.67. The molecule has 0 radical (unpaired) electrons. The van der Waals surface area contributed by atoms with E-state index in [-0.39, 0.29) is 24.5 Å². The monoisotopic (exact) mass is 301 g/mol. The standard InChI is InChI=1S/C15H18F3NO2/c1-21-13-7-3-6-12(13)19-14(20)9-10-4-2-5-11(8-10)15(16,17)18/h2,4-5,8,12-13H,3,6-7,9H2,1H3,(H,19,20). The van der Waals surface area contributed by atoms with Crippen LogP contribution in [0.5, 0.6) is 0 Å². The second-order valence-electron chi connectivity index (χ2n) is 5.25. The topological polar surface area (TPSA) is 38.3 Å². The summed E-state index contributed by atoms with van der Waals surface area (Å²) in [6.07, 6.45) is -1.74. The van der Waals surface area contributed by atoms with Gasteiger partial charge in [0.05, 0.1) is 24.1 Å². The number of halogens is 3. The molecular weight excluding hydrogens is 283 g/mol. The summed E-state index contributed by atoms with van der Waals surface area (Å²) in [5.41, 5.74) is -0.377. The summed E-state index contributed by atoms with van der Waals surface area (Å²) in [6, 6.07) is 4.81. The number of ether oxygens (including phenoxy) is 1. The maximum absolute atomic E-state index is 12.6. The van der Waals surface area contributed by atoms with E-state index in [1.54, 1.807) is 7.11 Å². The Bertz CT molecular complexity index is 502. The maximum atomic E-state index is 12.6. The third kappa shape index (κ3) is 4.20. The Morgan fingerprint density at radius 3 is 2.81 bits per heavy atom. The van der Waals surface area contributed by atoms with Gasteiger partial charge in [-0.2, -0.15) is 13.2 Å². The van der Waals surface area contributed by atoms with Crippen molar-refractivity contribution >= 4 is 5.91 Å². The molecule has 0 aliphatic heterocycles. The van der Waals surface area contributed by atoms with E-state index >= 15 is 0 Å². The third-order valence-electron chi connectivity index (χ3n) is 3.72. The summed E-state index contributed by atoms with van der Waals surface area (Å²) in [4.78, 5) is 11.9. The van der Waals surface area contributed by atoms with E-state index in [9.17, 15) is 18.0 Å². The predicted octanol–water partition coefficient (Wildman–Crippen LogP) is 2.93. The predicted molar refractivity (Wildman–Crippen MR) is 71.7 cm³/mol. The lowest BCUT2D eigenvalue weighted by Gasteiger charge is -2.19. The second kappa shape index (κ2) is 6.47. The van der Waals surface area contributed by atoms with Gasteiger partial charge in [-0.05, 0) is 30.9 Å². The number of carbonyl (C=O) groups is 1. The highest BCUT2D eigenvalue weighted by Gasteiger charge is 2.31. The Morgan fingerprint density at radius 1 is 1.38 bits per heavy atom. The molecule has 2 rings (SSSR count). The van der Waals surface area contributed by atoms with Crippen LogP contribution in [-0.4, -0.2) is 25.2 Å². The van der Waals surface area contributed by atoms with Crippen LogP contribution >= 0.6 is 0 Å². The number of benzene rings is 1. The molecule has 1 fully saturated rings. The molecule has 2 atom stereocenters. The largest absolute Gasteiger partial charge is 0.416 e. The van der Waals surface area contributed by atoms with Gasteiger partial charge in [0.25, 0.3) is 0 Å². The van der Waals surface area contributed by atoms with Crippen molar-refractivity contribution in [2.24, 2.45) is 0 Å². The number of methoxy groups -OCH3 is 1. The number of carbonyl (C=O) groups excluding carboxylic acids is 1. The molecule has 1 saturated carbocycles. The molecule has 1 aromatic carbocycles. The molecule has 0 spiro atoms. The van der Waals surface area contributed by atoms with Crippen molar-refractivity contribution in [3.05, 3.63) is 35.4 Å². The van der Waals surface area contributed by atoms with Gasteiger partial charge >= 0.3 is 6.18 Å². The van der Waals surface area contributed by atoms with Gasteiger partial charge in [0.2, 0.25) is 5.91 Å².